The fraction of sp³-hybridized carbons (Fsp3) is 0.667. The van der Waals surface area contributed by atoms with Crippen molar-refractivity contribution in [2.75, 3.05) is 30.9 Å². The Balaban J connectivity index is 1.99. The lowest BCUT2D eigenvalue weighted by Gasteiger charge is -2.23. The average molecular weight is 252 g/mol. The van der Waals surface area contributed by atoms with E-state index in [1.807, 2.05) is 6.92 Å². The molecule has 0 atom stereocenters. The van der Waals surface area contributed by atoms with E-state index in [1.54, 1.807) is 6.07 Å². The van der Waals surface area contributed by atoms with E-state index in [0.717, 1.165) is 31.9 Å². The van der Waals surface area contributed by atoms with Crippen molar-refractivity contribution in [1.29, 1.82) is 0 Å². The summed E-state index contributed by atoms with van der Waals surface area (Å²) in [7, 11) is 0. The molecule has 0 aliphatic carbocycles. The lowest BCUT2D eigenvalue weighted by Crippen LogP contribution is -2.28. The molecule has 2 rings (SSSR count). The van der Waals surface area contributed by atoms with Crippen molar-refractivity contribution in [3.8, 4) is 0 Å². The van der Waals surface area contributed by atoms with Gasteiger partial charge in [0.1, 0.15) is 18.2 Å². The maximum atomic E-state index is 5.76. The predicted molar refractivity (Wildman–Crippen MR) is 69.2 cm³/mol. The van der Waals surface area contributed by atoms with E-state index in [9.17, 15) is 0 Å². The van der Waals surface area contributed by atoms with E-state index in [-0.39, 0.29) is 0 Å². The van der Waals surface area contributed by atoms with E-state index >= 15 is 0 Å². The van der Waals surface area contributed by atoms with Crippen LogP contribution in [0, 0.1) is 0 Å². The molecule has 0 aromatic carbocycles. The van der Waals surface area contributed by atoms with E-state index in [4.69, 9.17) is 15.2 Å². The lowest BCUT2D eigenvalue weighted by molar-refractivity contribution is 0.0903. The summed E-state index contributed by atoms with van der Waals surface area (Å²) < 4.78 is 10.6. The first-order valence-corrected chi connectivity index (χ1v) is 6.33. The Morgan fingerprint density at radius 3 is 2.94 bits per heavy atom. The van der Waals surface area contributed by atoms with Crippen molar-refractivity contribution in [2.24, 2.45) is 0 Å². The van der Waals surface area contributed by atoms with E-state index in [1.165, 1.54) is 0 Å². The van der Waals surface area contributed by atoms with Crippen LogP contribution in [0.15, 0.2) is 6.07 Å². The van der Waals surface area contributed by atoms with Gasteiger partial charge in [0, 0.05) is 31.9 Å². The van der Waals surface area contributed by atoms with Crippen LogP contribution >= 0.6 is 0 Å². The smallest absolute Gasteiger partial charge is 0.158 e. The van der Waals surface area contributed by atoms with E-state index in [0.29, 0.717) is 30.9 Å². The molecule has 1 aromatic rings. The second kappa shape index (κ2) is 6.51. The van der Waals surface area contributed by atoms with Gasteiger partial charge in [0.05, 0.1) is 0 Å². The van der Waals surface area contributed by atoms with Gasteiger partial charge in [0.2, 0.25) is 0 Å². The summed E-state index contributed by atoms with van der Waals surface area (Å²) in [4.78, 5) is 8.54. The molecule has 0 amide bonds. The normalized spacial score (nSPS) is 16.7. The third-order valence-corrected chi connectivity index (χ3v) is 2.80. The molecular weight excluding hydrogens is 232 g/mol. The first-order valence-electron chi connectivity index (χ1n) is 6.33. The largest absolute Gasteiger partial charge is 0.384 e. The van der Waals surface area contributed by atoms with Crippen molar-refractivity contribution in [2.45, 2.75) is 32.4 Å². The van der Waals surface area contributed by atoms with Crippen LogP contribution < -0.4 is 11.1 Å². The van der Waals surface area contributed by atoms with Crippen molar-refractivity contribution in [3.63, 3.8) is 0 Å². The third kappa shape index (κ3) is 3.82. The number of hydrogen-bond donors (Lipinski definition) is 2. The number of rotatable bonds is 5. The summed E-state index contributed by atoms with van der Waals surface area (Å²) in [6.45, 7) is 4.56. The molecule has 1 aliphatic heterocycles. The number of nitrogens with two attached hydrogens (primary N) is 1. The molecule has 3 N–H and O–H groups in total. The summed E-state index contributed by atoms with van der Waals surface area (Å²) in [5, 5.41) is 3.37. The molecular formula is C12H20N4O2. The van der Waals surface area contributed by atoms with Gasteiger partial charge in [0.25, 0.3) is 0 Å². The van der Waals surface area contributed by atoms with Crippen molar-refractivity contribution in [1.82, 2.24) is 9.97 Å². The van der Waals surface area contributed by atoms with Gasteiger partial charge in [-0.2, -0.15) is 0 Å². The fourth-order valence-electron chi connectivity index (χ4n) is 1.90. The molecule has 0 radical (unpaired) electrons. The third-order valence-electron chi connectivity index (χ3n) is 2.80. The second-order valence-corrected chi connectivity index (χ2v) is 4.26. The minimum atomic E-state index is 0.393. The molecule has 0 bridgehead atoms. The topological polar surface area (TPSA) is 82.3 Å². The Kier molecular flexibility index (Phi) is 4.72. The molecule has 1 aromatic heterocycles. The summed E-state index contributed by atoms with van der Waals surface area (Å²) >= 11 is 0. The number of nitrogen functional groups attached to an aromatic ring is 1. The van der Waals surface area contributed by atoms with Crippen LogP contribution in [0.5, 0.6) is 0 Å². The van der Waals surface area contributed by atoms with E-state index < -0.39 is 0 Å². The molecule has 1 fully saturated rings. The summed E-state index contributed by atoms with van der Waals surface area (Å²) in [6, 6.07) is 2.15. The summed E-state index contributed by atoms with van der Waals surface area (Å²) in [5.41, 5.74) is 5.76. The molecule has 0 unspecified atom stereocenters. The summed E-state index contributed by atoms with van der Waals surface area (Å²) in [5.74, 6) is 1.85. The molecule has 6 heteroatoms. The van der Waals surface area contributed by atoms with Gasteiger partial charge in [-0.15, -0.1) is 0 Å². The van der Waals surface area contributed by atoms with Crippen LogP contribution in [0.1, 0.15) is 25.6 Å². The first-order chi connectivity index (χ1) is 8.78. The maximum absolute atomic E-state index is 5.76. The van der Waals surface area contributed by atoms with E-state index in [2.05, 4.69) is 15.3 Å². The number of nitrogens with one attached hydrogen (secondary N) is 1. The van der Waals surface area contributed by atoms with Crippen LogP contribution in [0.2, 0.25) is 0 Å². The van der Waals surface area contributed by atoms with Gasteiger partial charge >= 0.3 is 0 Å². The quantitative estimate of drug-likeness (QED) is 0.819. The zero-order chi connectivity index (χ0) is 12.8. The van der Waals surface area contributed by atoms with Gasteiger partial charge in [0.15, 0.2) is 5.82 Å². The lowest BCUT2D eigenvalue weighted by atomic mass is 10.1. The molecule has 2 heterocycles. The van der Waals surface area contributed by atoms with Crippen LogP contribution in [-0.2, 0) is 16.1 Å². The minimum absolute atomic E-state index is 0.393. The molecule has 0 saturated carbocycles. The van der Waals surface area contributed by atoms with Crippen molar-refractivity contribution >= 4 is 11.6 Å². The molecule has 1 saturated heterocycles. The SMILES string of the molecule is CCOCc1nc(N)cc(NC2CCOCC2)n1. The molecule has 100 valence electrons. The zero-order valence-corrected chi connectivity index (χ0v) is 10.7. The Morgan fingerprint density at radius 1 is 1.44 bits per heavy atom. The van der Waals surface area contributed by atoms with Gasteiger partial charge in [-0.3, -0.25) is 0 Å². The average Bonchev–Trinajstić information content (AvgIpc) is 2.37. The number of anilines is 2. The zero-order valence-electron chi connectivity index (χ0n) is 10.7. The molecule has 6 nitrogen and oxygen atoms in total. The Hall–Kier alpha value is -1.40. The fourth-order valence-corrected chi connectivity index (χ4v) is 1.90. The van der Waals surface area contributed by atoms with Gasteiger partial charge in [-0.1, -0.05) is 0 Å². The number of hydrogen-bond acceptors (Lipinski definition) is 6. The Labute approximate surface area is 107 Å². The van der Waals surface area contributed by atoms with Crippen molar-refractivity contribution in [3.05, 3.63) is 11.9 Å². The highest BCUT2D eigenvalue weighted by atomic mass is 16.5. The maximum Gasteiger partial charge on any atom is 0.158 e. The minimum Gasteiger partial charge on any atom is -0.384 e. The number of nitrogens with zero attached hydrogens (tertiary/aromatic N) is 2. The van der Waals surface area contributed by atoms with Crippen molar-refractivity contribution < 1.29 is 9.47 Å². The summed E-state index contributed by atoms with van der Waals surface area (Å²) in [6.07, 6.45) is 1.98. The van der Waals surface area contributed by atoms with Crippen LogP contribution in [0.25, 0.3) is 0 Å². The van der Waals surface area contributed by atoms with Gasteiger partial charge < -0.3 is 20.5 Å². The molecule has 18 heavy (non-hydrogen) atoms. The number of aromatic nitrogens is 2. The van der Waals surface area contributed by atoms with Gasteiger partial charge in [-0.05, 0) is 19.8 Å². The molecule has 1 aliphatic rings. The molecule has 0 spiro atoms. The van der Waals surface area contributed by atoms with Crippen LogP contribution in [0.3, 0.4) is 0 Å². The second-order valence-electron chi connectivity index (χ2n) is 4.26. The van der Waals surface area contributed by atoms with Gasteiger partial charge in [-0.25, -0.2) is 9.97 Å². The van der Waals surface area contributed by atoms with Crippen LogP contribution in [-0.4, -0.2) is 35.8 Å². The number of ether oxygens (including phenoxy) is 2. The highest BCUT2D eigenvalue weighted by Gasteiger charge is 2.14. The van der Waals surface area contributed by atoms with Crippen LogP contribution in [0.4, 0.5) is 11.6 Å². The highest BCUT2D eigenvalue weighted by Crippen LogP contribution is 2.15. The monoisotopic (exact) mass is 252 g/mol. The first kappa shape index (κ1) is 13.0. The highest BCUT2D eigenvalue weighted by molar-refractivity contribution is 5.45. The Bertz CT molecular complexity index is 380. The standard InChI is InChI=1S/C12H20N4O2/c1-2-17-8-12-15-10(13)7-11(16-12)14-9-3-5-18-6-4-9/h7,9H,2-6,8H2,1H3,(H3,13,14,15,16). The Morgan fingerprint density at radius 2 is 2.22 bits per heavy atom. The predicted octanol–water partition coefficient (Wildman–Crippen LogP) is 1.19.